The Morgan fingerprint density at radius 1 is 0.583 bits per heavy atom. The number of aromatic hydroxyl groups is 2. The van der Waals surface area contributed by atoms with Crippen LogP contribution in [0.15, 0.2) is 24.3 Å². The molecule has 0 fully saturated rings. The van der Waals surface area contributed by atoms with Crippen molar-refractivity contribution in [3.63, 3.8) is 0 Å². The molecule has 0 atom stereocenters. The van der Waals surface area contributed by atoms with E-state index in [1.54, 1.807) is 0 Å². The van der Waals surface area contributed by atoms with Crippen molar-refractivity contribution in [3.05, 3.63) is 46.5 Å². The van der Waals surface area contributed by atoms with Crippen LogP contribution >= 0.6 is 0 Å². The van der Waals surface area contributed by atoms with E-state index in [-0.39, 0.29) is 10.8 Å². The number of benzene rings is 2. The molecule has 0 aliphatic rings. The SMILES string of the molecule is Cc1cc(O)cc(C(C)(C)C)c1-c1c(C)cc(O)cc1C(C)(C)C. The van der Waals surface area contributed by atoms with E-state index < -0.39 is 0 Å². The second-order valence-electron chi connectivity index (χ2n) is 8.87. The van der Waals surface area contributed by atoms with Crippen molar-refractivity contribution in [1.29, 1.82) is 0 Å². The van der Waals surface area contributed by atoms with Gasteiger partial charge in [0.15, 0.2) is 0 Å². The van der Waals surface area contributed by atoms with Crippen LogP contribution in [0.2, 0.25) is 0 Å². The highest BCUT2D eigenvalue weighted by atomic mass is 16.3. The van der Waals surface area contributed by atoms with E-state index in [2.05, 4.69) is 41.5 Å². The zero-order chi connectivity index (χ0) is 18.4. The number of hydrogen-bond acceptors (Lipinski definition) is 2. The maximum Gasteiger partial charge on any atom is 0.116 e. The molecule has 0 aliphatic heterocycles. The Morgan fingerprint density at radius 3 is 1.12 bits per heavy atom. The predicted molar refractivity (Wildman–Crippen MR) is 102 cm³/mol. The van der Waals surface area contributed by atoms with E-state index in [9.17, 15) is 10.2 Å². The third kappa shape index (κ3) is 3.43. The van der Waals surface area contributed by atoms with Crippen LogP contribution in [0, 0.1) is 13.8 Å². The van der Waals surface area contributed by atoms with Crippen molar-refractivity contribution in [1.82, 2.24) is 0 Å². The summed E-state index contributed by atoms with van der Waals surface area (Å²) in [5.41, 5.74) is 6.50. The van der Waals surface area contributed by atoms with Crippen LogP contribution in [0.5, 0.6) is 11.5 Å². The van der Waals surface area contributed by atoms with Crippen LogP contribution < -0.4 is 0 Å². The number of rotatable bonds is 1. The summed E-state index contributed by atoms with van der Waals surface area (Å²) in [5.74, 6) is 0.602. The van der Waals surface area contributed by atoms with Gasteiger partial charge in [-0.15, -0.1) is 0 Å². The normalized spacial score (nSPS) is 12.5. The van der Waals surface area contributed by atoms with Gasteiger partial charge in [-0.2, -0.15) is 0 Å². The van der Waals surface area contributed by atoms with E-state index in [1.807, 2.05) is 38.1 Å². The van der Waals surface area contributed by atoms with E-state index in [0.717, 1.165) is 22.3 Å². The van der Waals surface area contributed by atoms with Gasteiger partial charge in [-0.25, -0.2) is 0 Å². The number of hydrogen-bond donors (Lipinski definition) is 2. The maximum absolute atomic E-state index is 10.1. The molecule has 0 heterocycles. The van der Waals surface area contributed by atoms with E-state index >= 15 is 0 Å². The molecular weight excluding hydrogens is 296 g/mol. The van der Waals surface area contributed by atoms with Crippen molar-refractivity contribution < 1.29 is 10.2 Å². The van der Waals surface area contributed by atoms with Gasteiger partial charge in [-0.05, 0) is 82.3 Å². The zero-order valence-corrected chi connectivity index (χ0v) is 16.2. The molecule has 24 heavy (non-hydrogen) atoms. The van der Waals surface area contributed by atoms with Crippen LogP contribution in [0.1, 0.15) is 63.8 Å². The fraction of sp³-hybridized carbons (Fsp3) is 0.455. The highest BCUT2D eigenvalue weighted by molar-refractivity contribution is 5.80. The minimum Gasteiger partial charge on any atom is -0.508 e. The fourth-order valence-electron chi connectivity index (χ4n) is 3.38. The monoisotopic (exact) mass is 326 g/mol. The summed E-state index contributed by atoms with van der Waals surface area (Å²) in [7, 11) is 0. The zero-order valence-electron chi connectivity index (χ0n) is 16.2. The average Bonchev–Trinajstić information content (AvgIpc) is 2.36. The Bertz CT molecular complexity index is 705. The highest BCUT2D eigenvalue weighted by Crippen LogP contribution is 2.44. The largest absolute Gasteiger partial charge is 0.508 e. The Balaban J connectivity index is 2.98. The molecule has 2 aromatic carbocycles. The molecular formula is C22H30O2. The number of aryl methyl sites for hydroxylation is 2. The third-order valence-electron chi connectivity index (χ3n) is 4.51. The molecule has 0 spiro atoms. The summed E-state index contributed by atoms with van der Waals surface area (Å²) in [6.45, 7) is 17.1. The second kappa shape index (κ2) is 5.84. The highest BCUT2D eigenvalue weighted by Gasteiger charge is 2.27. The molecule has 2 aromatic rings. The molecule has 0 saturated carbocycles. The topological polar surface area (TPSA) is 40.5 Å². The summed E-state index contributed by atoms with van der Waals surface area (Å²) in [5, 5.41) is 20.3. The first-order valence-electron chi connectivity index (χ1n) is 8.51. The van der Waals surface area contributed by atoms with Gasteiger partial charge in [0, 0.05) is 0 Å². The van der Waals surface area contributed by atoms with Crippen molar-refractivity contribution in [3.8, 4) is 22.6 Å². The summed E-state index contributed by atoms with van der Waals surface area (Å²) >= 11 is 0. The summed E-state index contributed by atoms with van der Waals surface area (Å²) in [4.78, 5) is 0. The van der Waals surface area contributed by atoms with Crippen molar-refractivity contribution >= 4 is 0 Å². The summed E-state index contributed by atoms with van der Waals surface area (Å²) < 4.78 is 0. The molecule has 2 heteroatoms. The predicted octanol–water partition coefficient (Wildman–Crippen LogP) is 5.98. The average molecular weight is 326 g/mol. The van der Waals surface area contributed by atoms with Crippen LogP contribution in [0.3, 0.4) is 0 Å². The van der Waals surface area contributed by atoms with Crippen molar-refractivity contribution in [2.24, 2.45) is 0 Å². The lowest BCUT2D eigenvalue weighted by Gasteiger charge is -2.30. The van der Waals surface area contributed by atoms with Gasteiger partial charge in [-0.1, -0.05) is 41.5 Å². The van der Waals surface area contributed by atoms with Crippen molar-refractivity contribution in [2.45, 2.75) is 66.2 Å². The standard InChI is InChI=1S/C22H30O2/c1-13-9-15(23)11-17(21(3,4)5)19(13)20-14(2)10-16(24)12-18(20)22(6,7)8/h9-12,23-24H,1-8H3. The molecule has 0 aliphatic carbocycles. The van der Waals surface area contributed by atoms with E-state index in [4.69, 9.17) is 0 Å². The molecule has 0 radical (unpaired) electrons. The van der Waals surface area contributed by atoms with Crippen LogP contribution in [-0.2, 0) is 10.8 Å². The lowest BCUT2D eigenvalue weighted by atomic mass is 9.74. The van der Waals surface area contributed by atoms with Gasteiger partial charge in [0.1, 0.15) is 11.5 Å². The molecule has 2 N–H and O–H groups in total. The number of phenolic OH excluding ortho intramolecular Hbond substituents is 2. The van der Waals surface area contributed by atoms with Crippen LogP contribution in [-0.4, -0.2) is 10.2 Å². The molecule has 0 amide bonds. The molecule has 0 aromatic heterocycles. The van der Waals surface area contributed by atoms with Crippen LogP contribution in [0.4, 0.5) is 0 Å². The minimum atomic E-state index is -0.0989. The van der Waals surface area contributed by atoms with Gasteiger partial charge in [0.25, 0.3) is 0 Å². The summed E-state index contributed by atoms with van der Waals surface area (Å²) in [6.07, 6.45) is 0. The lowest BCUT2D eigenvalue weighted by molar-refractivity contribution is 0.469. The Labute approximate surface area is 146 Å². The first-order valence-corrected chi connectivity index (χ1v) is 8.51. The maximum atomic E-state index is 10.1. The minimum absolute atomic E-state index is 0.0989. The first-order chi connectivity index (χ1) is 10.8. The Hall–Kier alpha value is -1.96. The molecule has 0 bridgehead atoms. The molecule has 130 valence electrons. The fourth-order valence-corrected chi connectivity index (χ4v) is 3.38. The molecule has 2 nitrogen and oxygen atoms in total. The van der Waals surface area contributed by atoms with Gasteiger partial charge in [0.05, 0.1) is 0 Å². The number of phenols is 2. The second-order valence-corrected chi connectivity index (χ2v) is 8.87. The molecule has 0 unspecified atom stereocenters. The Kier molecular flexibility index (Phi) is 4.47. The van der Waals surface area contributed by atoms with Crippen LogP contribution in [0.25, 0.3) is 11.1 Å². The smallest absolute Gasteiger partial charge is 0.116 e. The van der Waals surface area contributed by atoms with Gasteiger partial charge in [-0.3, -0.25) is 0 Å². The molecule has 2 rings (SSSR count). The third-order valence-corrected chi connectivity index (χ3v) is 4.51. The molecule has 0 saturated heterocycles. The first kappa shape index (κ1) is 18.4. The van der Waals surface area contributed by atoms with E-state index in [1.165, 1.54) is 11.1 Å². The van der Waals surface area contributed by atoms with Gasteiger partial charge in [0.2, 0.25) is 0 Å². The van der Waals surface area contributed by atoms with Gasteiger partial charge >= 0.3 is 0 Å². The quantitative estimate of drug-likeness (QED) is 0.677. The lowest BCUT2D eigenvalue weighted by Crippen LogP contribution is -2.17. The summed E-state index contributed by atoms with van der Waals surface area (Å²) in [6, 6.07) is 7.40. The van der Waals surface area contributed by atoms with Gasteiger partial charge < -0.3 is 10.2 Å². The van der Waals surface area contributed by atoms with Crippen molar-refractivity contribution in [2.75, 3.05) is 0 Å². The Morgan fingerprint density at radius 2 is 0.875 bits per heavy atom. The van der Waals surface area contributed by atoms with E-state index in [0.29, 0.717) is 11.5 Å².